The summed E-state index contributed by atoms with van der Waals surface area (Å²) in [5.74, 6) is 0.553. The summed E-state index contributed by atoms with van der Waals surface area (Å²) in [5, 5.41) is 4.05. The van der Waals surface area contributed by atoms with Crippen molar-refractivity contribution in [3.05, 3.63) is 95.1 Å². The largest absolute Gasteiger partial charge is 0.463 e. The van der Waals surface area contributed by atoms with Crippen molar-refractivity contribution < 1.29 is 9.21 Å². The number of furan rings is 1. The molecule has 0 aliphatic heterocycles. The fourth-order valence-corrected chi connectivity index (χ4v) is 3.77. The number of carbonyl (C=O) groups is 1. The van der Waals surface area contributed by atoms with Gasteiger partial charge in [0.05, 0.1) is 6.26 Å². The summed E-state index contributed by atoms with van der Waals surface area (Å²) in [5.41, 5.74) is 2.49. The van der Waals surface area contributed by atoms with Gasteiger partial charge in [-0.05, 0) is 24.1 Å². The van der Waals surface area contributed by atoms with Crippen molar-refractivity contribution in [1.82, 2.24) is 4.98 Å². The molecule has 27 heavy (non-hydrogen) atoms. The molecule has 2 heterocycles. The molecule has 1 N–H and O–H groups in total. The number of hydrogen-bond acceptors (Lipinski definition) is 5. The fraction of sp³-hybridized carbons (Fsp3) is 0.0909. The second kappa shape index (κ2) is 8.01. The maximum atomic E-state index is 13.0. The minimum atomic E-state index is -0.0457. The van der Waals surface area contributed by atoms with Crippen molar-refractivity contribution >= 4 is 22.3 Å². The van der Waals surface area contributed by atoms with E-state index >= 15 is 0 Å². The number of carbonyl (C=O) groups excluding carboxylic acids is 1. The lowest BCUT2D eigenvalue weighted by Crippen LogP contribution is -2.04. The third-order valence-electron chi connectivity index (χ3n) is 4.16. The molecule has 134 valence electrons. The van der Waals surface area contributed by atoms with Crippen molar-refractivity contribution in [2.24, 2.45) is 0 Å². The Morgan fingerprint density at radius 1 is 0.963 bits per heavy atom. The Bertz CT molecular complexity index is 1010. The first-order valence-corrected chi connectivity index (χ1v) is 9.55. The van der Waals surface area contributed by atoms with Crippen LogP contribution in [0.4, 0.5) is 5.13 Å². The predicted molar refractivity (Wildman–Crippen MR) is 108 cm³/mol. The molecule has 0 fully saturated rings. The van der Waals surface area contributed by atoms with Crippen LogP contribution in [0.3, 0.4) is 0 Å². The highest BCUT2D eigenvalue weighted by Gasteiger charge is 2.22. The van der Waals surface area contributed by atoms with Gasteiger partial charge in [0.1, 0.15) is 10.6 Å². The standard InChI is InChI=1S/C22H18N2O2S/c25-20(17-10-5-2-6-11-17)21-19(18-12-7-15-26-18)24-22(27-21)23-14-13-16-8-3-1-4-9-16/h1-12,15H,13-14H2,(H,23,24). The Morgan fingerprint density at radius 3 is 2.41 bits per heavy atom. The number of aromatic nitrogens is 1. The lowest BCUT2D eigenvalue weighted by atomic mass is 10.1. The summed E-state index contributed by atoms with van der Waals surface area (Å²) in [4.78, 5) is 18.2. The molecule has 0 radical (unpaired) electrons. The highest BCUT2D eigenvalue weighted by molar-refractivity contribution is 7.18. The average molecular weight is 374 g/mol. The summed E-state index contributed by atoms with van der Waals surface area (Å²) < 4.78 is 5.50. The van der Waals surface area contributed by atoms with Crippen LogP contribution in [-0.4, -0.2) is 17.3 Å². The first kappa shape index (κ1) is 17.2. The Hall–Kier alpha value is -3.18. The molecule has 0 unspecified atom stereocenters. The number of nitrogens with one attached hydrogen (secondary N) is 1. The van der Waals surface area contributed by atoms with Crippen LogP contribution in [0.2, 0.25) is 0 Å². The van der Waals surface area contributed by atoms with Crippen molar-refractivity contribution in [2.75, 3.05) is 11.9 Å². The number of hydrogen-bond donors (Lipinski definition) is 1. The second-order valence-electron chi connectivity index (χ2n) is 6.03. The van der Waals surface area contributed by atoms with Crippen LogP contribution in [-0.2, 0) is 6.42 Å². The number of benzene rings is 2. The van der Waals surface area contributed by atoms with Crippen LogP contribution >= 0.6 is 11.3 Å². The molecule has 4 aromatic rings. The van der Waals surface area contributed by atoms with Crippen molar-refractivity contribution in [3.63, 3.8) is 0 Å². The summed E-state index contributed by atoms with van der Waals surface area (Å²) >= 11 is 1.36. The normalized spacial score (nSPS) is 10.7. The van der Waals surface area contributed by atoms with E-state index in [9.17, 15) is 4.79 Å². The number of ketones is 1. The first-order chi connectivity index (χ1) is 13.3. The second-order valence-corrected chi connectivity index (χ2v) is 7.03. The van der Waals surface area contributed by atoms with E-state index in [-0.39, 0.29) is 5.78 Å². The third-order valence-corrected chi connectivity index (χ3v) is 5.17. The van der Waals surface area contributed by atoms with Gasteiger partial charge in [-0.2, -0.15) is 0 Å². The quantitative estimate of drug-likeness (QED) is 0.447. The van der Waals surface area contributed by atoms with E-state index < -0.39 is 0 Å². The number of nitrogens with zero attached hydrogens (tertiary/aromatic N) is 1. The summed E-state index contributed by atoms with van der Waals surface area (Å²) in [6.45, 7) is 0.744. The molecule has 0 bridgehead atoms. The molecule has 4 nitrogen and oxygen atoms in total. The van der Waals surface area contributed by atoms with Crippen molar-refractivity contribution in [3.8, 4) is 11.5 Å². The van der Waals surface area contributed by atoms with Gasteiger partial charge in [-0.15, -0.1) is 0 Å². The van der Waals surface area contributed by atoms with Crippen molar-refractivity contribution in [1.29, 1.82) is 0 Å². The van der Waals surface area contributed by atoms with E-state index in [1.54, 1.807) is 12.3 Å². The maximum Gasteiger partial charge on any atom is 0.205 e. The molecule has 0 amide bonds. The molecule has 0 saturated heterocycles. The van der Waals surface area contributed by atoms with E-state index in [0.29, 0.717) is 21.9 Å². The predicted octanol–water partition coefficient (Wildman–Crippen LogP) is 5.29. The molecule has 0 spiro atoms. The lowest BCUT2D eigenvalue weighted by Gasteiger charge is -2.02. The molecule has 0 aliphatic carbocycles. The zero-order valence-electron chi connectivity index (χ0n) is 14.6. The molecule has 4 rings (SSSR count). The fourth-order valence-electron chi connectivity index (χ4n) is 2.81. The van der Waals surface area contributed by atoms with E-state index in [2.05, 4.69) is 22.4 Å². The van der Waals surface area contributed by atoms with Gasteiger partial charge < -0.3 is 9.73 Å². The average Bonchev–Trinajstić information content (AvgIpc) is 3.39. The first-order valence-electron chi connectivity index (χ1n) is 8.73. The minimum Gasteiger partial charge on any atom is -0.463 e. The Balaban J connectivity index is 1.57. The van der Waals surface area contributed by atoms with E-state index in [4.69, 9.17) is 4.42 Å². The Kier molecular flexibility index (Phi) is 5.12. The number of rotatable bonds is 7. The highest BCUT2D eigenvalue weighted by atomic mass is 32.1. The molecule has 5 heteroatoms. The van der Waals surface area contributed by atoms with Gasteiger partial charge in [0, 0.05) is 12.1 Å². The van der Waals surface area contributed by atoms with E-state index in [1.807, 2.05) is 54.6 Å². The smallest absolute Gasteiger partial charge is 0.205 e. The molecular formula is C22H18N2O2S. The van der Waals surface area contributed by atoms with Gasteiger partial charge in [-0.1, -0.05) is 72.0 Å². The lowest BCUT2D eigenvalue weighted by molar-refractivity contribution is 0.104. The number of anilines is 1. The van der Waals surface area contributed by atoms with Crippen LogP contribution in [0, 0.1) is 0 Å². The monoisotopic (exact) mass is 374 g/mol. The third kappa shape index (κ3) is 3.99. The minimum absolute atomic E-state index is 0.0457. The Labute approximate surface area is 161 Å². The van der Waals surface area contributed by atoms with Gasteiger partial charge in [0.25, 0.3) is 0 Å². The maximum absolute atomic E-state index is 13.0. The van der Waals surface area contributed by atoms with Gasteiger partial charge in [0.2, 0.25) is 5.78 Å². The SMILES string of the molecule is O=C(c1ccccc1)c1sc(NCCc2ccccc2)nc1-c1ccco1. The molecule has 0 aliphatic rings. The van der Waals surface area contributed by atoms with E-state index in [1.165, 1.54) is 16.9 Å². The molecule has 0 atom stereocenters. The van der Waals surface area contributed by atoms with Crippen LogP contribution < -0.4 is 5.32 Å². The van der Waals surface area contributed by atoms with Crippen LogP contribution in [0.15, 0.2) is 83.5 Å². The van der Waals surface area contributed by atoms with Crippen molar-refractivity contribution in [2.45, 2.75) is 6.42 Å². The summed E-state index contributed by atoms with van der Waals surface area (Å²) in [6.07, 6.45) is 2.48. The van der Waals surface area contributed by atoms with Gasteiger partial charge in [-0.3, -0.25) is 4.79 Å². The Morgan fingerprint density at radius 2 is 1.70 bits per heavy atom. The van der Waals surface area contributed by atoms with Gasteiger partial charge in [-0.25, -0.2) is 4.98 Å². The molecule has 2 aromatic heterocycles. The summed E-state index contributed by atoms with van der Waals surface area (Å²) in [6, 6.07) is 23.1. The van der Waals surface area contributed by atoms with E-state index in [0.717, 1.165) is 18.1 Å². The van der Waals surface area contributed by atoms with Crippen LogP contribution in [0.5, 0.6) is 0 Å². The highest BCUT2D eigenvalue weighted by Crippen LogP contribution is 2.33. The molecular weight excluding hydrogens is 356 g/mol. The summed E-state index contributed by atoms with van der Waals surface area (Å²) in [7, 11) is 0. The molecule has 0 saturated carbocycles. The van der Waals surface area contributed by atoms with Crippen LogP contribution in [0.1, 0.15) is 20.8 Å². The van der Waals surface area contributed by atoms with Gasteiger partial charge in [0.15, 0.2) is 10.9 Å². The van der Waals surface area contributed by atoms with Crippen LogP contribution in [0.25, 0.3) is 11.5 Å². The topological polar surface area (TPSA) is 55.1 Å². The zero-order valence-corrected chi connectivity index (χ0v) is 15.4. The van der Waals surface area contributed by atoms with Gasteiger partial charge >= 0.3 is 0 Å². The molecule has 2 aromatic carbocycles. The number of thiazole rings is 1. The zero-order chi connectivity index (χ0) is 18.5.